The van der Waals surface area contributed by atoms with Crippen molar-refractivity contribution in [3.8, 4) is 23.8 Å². The molecule has 10 nitrogen and oxygen atoms in total. The number of methoxy groups -OCH3 is 2. The predicted octanol–water partition coefficient (Wildman–Crippen LogP) is 0.708. The van der Waals surface area contributed by atoms with E-state index in [1.165, 1.54) is 32.4 Å². The quantitative estimate of drug-likeness (QED) is 0.474. The molecule has 1 amide bonds. The molecule has 2 heterocycles. The second-order valence-electron chi connectivity index (χ2n) is 6.23. The van der Waals surface area contributed by atoms with Crippen molar-refractivity contribution in [1.29, 1.82) is 0 Å². The van der Waals surface area contributed by atoms with Gasteiger partial charge >= 0.3 is 5.63 Å². The molecule has 3 atom stereocenters. The highest BCUT2D eigenvalue weighted by molar-refractivity contribution is 6.04. The van der Waals surface area contributed by atoms with Crippen molar-refractivity contribution in [2.75, 3.05) is 19.5 Å². The molecule has 3 rings (SSSR count). The SMILES string of the molecule is C#CC(=O)Nc1cc2ccc(OC3OC(C)=C(OC)C(O)C3O)c(OC)c2oc1=O. The average molecular weight is 417 g/mol. The number of aliphatic hydroxyl groups excluding tert-OH is 2. The molecule has 1 aliphatic rings. The smallest absolute Gasteiger partial charge is 0.360 e. The molecule has 3 unspecified atom stereocenters. The van der Waals surface area contributed by atoms with Crippen LogP contribution in [0.25, 0.3) is 11.0 Å². The van der Waals surface area contributed by atoms with Gasteiger partial charge < -0.3 is 38.9 Å². The minimum absolute atomic E-state index is 0.0365. The van der Waals surface area contributed by atoms with Crippen LogP contribution in [0.3, 0.4) is 0 Å². The van der Waals surface area contributed by atoms with Gasteiger partial charge in [-0.2, -0.15) is 0 Å². The minimum Gasteiger partial charge on any atom is -0.495 e. The highest BCUT2D eigenvalue weighted by Gasteiger charge is 2.39. The first-order valence-electron chi connectivity index (χ1n) is 8.67. The summed E-state index contributed by atoms with van der Waals surface area (Å²) < 4.78 is 26.8. The zero-order valence-corrected chi connectivity index (χ0v) is 16.3. The van der Waals surface area contributed by atoms with Crippen LogP contribution in [0.1, 0.15) is 6.92 Å². The van der Waals surface area contributed by atoms with Crippen molar-refractivity contribution < 1.29 is 38.4 Å². The van der Waals surface area contributed by atoms with Crippen LogP contribution in [-0.4, -0.2) is 48.8 Å². The molecule has 1 aromatic heterocycles. The normalized spacial score (nSPS) is 20.9. The Kier molecular flexibility index (Phi) is 5.86. The highest BCUT2D eigenvalue weighted by atomic mass is 16.7. The van der Waals surface area contributed by atoms with E-state index >= 15 is 0 Å². The largest absolute Gasteiger partial charge is 0.495 e. The Balaban J connectivity index is 1.99. The molecule has 3 N–H and O–H groups in total. The molecule has 0 radical (unpaired) electrons. The molecule has 0 saturated carbocycles. The van der Waals surface area contributed by atoms with Gasteiger partial charge in [0.05, 0.1) is 14.2 Å². The number of amides is 1. The number of fused-ring (bicyclic) bond motifs is 1. The Morgan fingerprint density at radius 3 is 2.63 bits per heavy atom. The Bertz CT molecular complexity index is 1110. The van der Waals surface area contributed by atoms with Crippen molar-refractivity contribution in [3.63, 3.8) is 0 Å². The lowest BCUT2D eigenvalue weighted by atomic mass is 10.1. The van der Waals surface area contributed by atoms with Gasteiger partial charge in [0.2, 0.25) is 5.75 Å². The first-order chi connectivity index (χ1) is 14.3. The van der Waals surface area contributed by atoms with Crippen LogP contribution in [0.2, 0.25) is 0 Å². The van der Waals surface area contributed by atoms with Crippen LogP contribution in [0.5, 0.6) is 11.5 Å². The van der Waals surface area contributed by atoms with Gasteiger partial charge in [0, 0.05) is 5.39 Å². The third-order valence-electron chi connectivity index (χ3n) is 4.38. The fraction of sp³-hybridized carbons (Fsp3) is 0.300. The van der Waals surface area contributed by atoms with Gasteiger partial charge in [-0.05, 0) is 31.0 Å². The summed E-state index contributed by atoms with van der Waals surface area (Å²) in [6.45, 7) is 1.55. The number of hydrogen-bond donors (Lipinski definition) is 3. The lowest BCUT2D eigenvalue weighted by Gasteiger charge is -2.34. The molecule has 10 heteroatoms. The monoisotopic (exact) mass is 417 g/mol. The van der Waals surface area contributed by atoms with Crippen LogP contribution in [0, 0.1) is 12.3 Å². The summed E-state index contributed by atoms with van der Waals surface area (Å²) >= 11 is 0. The van der Waals surface area contributed by atoms with Crippen molar-refractivity contribution >= 4 is 22.6 Å². The van der Waals surface area contributed by atoms with Crippen LogP contribution >= 0.6 is 0 Å². The van der Waals surface area contributed by atoms with Crippen molar-refractivity contribution in [1.82, 2.24) is 0 Å². The molecule has 158 valence electrons. The van der Waals surface area contributed by atoms with E-state index in [9.17, 15) is 19.8 Å². The summed E-state index contributed by atoms with van der Waals surface area (Å²) in [5, 5.41) is 23.1. The van der Waals surface area contributed by atoms with Gasteiger partial charge in [-0.3, -0.25) is 4.79 Å². The Morgan fingerprint density at radius 1 is 1.27 bits per heavy atom. The van der Waals surface area contributed by atoms with Crippen LogP contribution < -0.4 is 20.4 Å². The third kappa shape index (κ3) is 3.76. The van der Waals surface area contributed by atoms with Gasteiger partial charge in [-0.15, -0.1) is 6.42 Å². The van der Waals surface area contributed by atoms with E-state index in [0.717, 1.165) is 0 Å². The zero-order valence-electron chi connectivity index (χ0n) is 16.3. The van der Waals surface area contributed by atoms with E-state index in [1.54, 1.807) is 6.92 Å². The lowest BCUT2D eigenvalue weighted by molar-refractivity contribution is -0.175. The highest BCUT2D eigenvalue weighted by Crippen LogP contribution is 2.38. The summed E-state index contributed by atoms with van der Waals surface area (Å²) in [5.41, 5.74) is -0.952. The van der Waals surface area contributed by atoms with E-state index in [4.69, 9.17) is 29.8 Å². The molecule has 1 aliphatic heterocycles. The molecule has 0 saturated heterocycles. The van der Waals surface area contributed by atoms with Crippen LogP contribution in [0.4, 0.5) is 5.69 Å². The first-order valence-corrected chi connectivity index (χ1v) is 8.67. The summed E-state index contributed by atoms with van der Waals surface area (Å²) in [5.74, 6) is 1.49. The maximum absolute atomic E-state index is 12.2. The second kappa shape index (κ2) is 8.36. The summed E-state index contributed by atoms with van der Waals surface area (Å²) in [4.78, 5) is 23.6. The summed E-state index contributed by atoms with van der Waals surface area (Å²) in [6.07, 6.45) is 0.885. The Labute approximate surface area is 170 Å². The van der Waals surface area contributed by atoms with Gasteiger partial charge in [0.15, 0.2) is 23.2 Å². The number of carbonyl (C=O) groups excluding carboxylic acids is 1. The molecule has 0 spiro atoms. The molecular weight excluding hydrogens is 398 g/mol. The van der Waals surface area contributed by atoms with Gasteiger partial charge in [0.25, 0.3) is 12.2 Å². The minimum atomic E-state index is -1.46. The molecule has 0 aliphatic carbocycles. The number of hydrogen-bond acceptors (Lipinski definition) is 9. The molecule has 1 aromatic carbocycles. The Morgan fingerprint density at radius 2 is 2.00 bits per heavy atom. The van der Waals surface area contributed by atoms with E-state index < -0.39 is 30.0 Å². The lowest BCUT2D eigenvalue weighted by Crippen LogP contribution is -2.47. The first kappa shape index (κ1) is 21.0. The van der Waals surface area contributed by atoms with E-state index in [2.05, 4.69) is 5.32 Å². The van der Waals surface area contributed by atoms with Crippen molar-refractivity contribution in [3.05, 3.63) is 40.1 Å². The zero-order chi connectivity index (χ0) is 22.0. The molecular formula is C20H19NO9. The van der Waals surface area contributed by atoms with Gasteiger partial charge in [-0.1, -0.05) is 0 Å². The fourth-order valence-electron chi connectivity index (χ4n) is 2.97. The van der Waals surface area contributed by atoms with Crippen LogP contribution in [-0.2, 0) is 14.3 Å². The Hall–Kier alpha value is -3.68. The van der Waals surface area contributed by atoms with Gasteiger partial charge in [-0.25, -0.2) is 4.79 Å². The third-order valence-corrected chi connectivity index (χ3v) is 4.38. The molecule has 0 bridgehead atoms. The summed E-state index contributed by atoms with van der Waals surface area (Å²) in [6, 6.07) is 4.40. The average Bonchev–Trinajstić information content (AvgIpc) is 2.72. The maximum atomic E-state index is 12.2. The standard InChI is InChI=1S/C20H19NO9/c1-5-13(22)21-11-8-10-6-7-12(18(27-4)17(10)30-19(11)25)29-20-15(24)14(23)16(26-3)9(2)28-20/h1,6-8,14-15,20,23-24H,2-4H3,(H,21,22). The number of allylic oxidation sites excluding steroid dienone is 1. The van der Waals surface area contributed by atoms with Crippen molar-refractivity contribution in [2.24, 2.45) is 0 Å². The second-order valence-corrected chi connectivity index (χ2v) is 6.23. The van der Waals surface area contributed by atoms with Crippen LogP contribution in [0.15, 0.2) is 38.9 Å². The topological polar surface area (TPSA) is 137 Å². The molecule has 30 heavy (non-hydrogen) atoms. The fourth-order valence-corrected chi connectivity index (χ4v) is 2.97. The number of rotatable bonds is 5. The number of aliphatic hydroxyl groups is 2. The molecule has 0 fully saturated rings. The van der Waals surface area contributed by atoms with Gasteiger partial charge in [0.1, 0.15) is 17.6 Å². The predicted molar refractivity (Wildman–Crippen MR) is 104 cm³/mol. The van der Waals surface area contributed by atoms with E-state index in [1.807, 2.05) is 5.92 Å². The number of anilines is 1. The van der Waals surface area contributed by atoms with E-state index in [0.29, 0.717) is 5.39 Å². The number of nitrogens with one attached hydrogen (secondary N) is 1. The van der Waals surface area contributed by atoms with E-state index in [-0.39, 0.29) is 34.3 Å². The summed E-state index contributed by atoms with van der Waals surface area (Å²) in [7, 11) is 2.67. The number of benzene rings is 1. The molecule has 2 aromatic rings. The van der Waals surface area contributed by atoms with Crippen molar-refractivity contribution in [2.45, 2.75) is 25.4 Å². The number of ether oxygens (including phenoxy) is 4. The number of terminal acetylenes is 1. The number of carbonyl (C=O) groups is 1. The maximum Gasteiger partial charge on any atom is 0.360 e.